The Kier molecular flexibility index (Phi) is 4.66. The normalized spacial score (nSPS) is 16.7. The van der Waals surface area contributed by atoms with E-state index in [0.29, 0.717) is 11.9 Å². The lowest BCUT2D eigenvalue weighted by molar-refractivity contribution is 0.212. The number of rotatable bonds is 4. The second kappa shape index (κ2) is 7.09. The van der Waals surface area contributed by atoms with Crippen molar-refractivity contribution in [2.45, 2.75) is 31.8 Å². The summed E-state index contributed by atoms with van der Waals surface area (Å²) in [4.78, 5) is 6.60. The zero-order chi connectivity index (χ0) is 18.1. The Morgan fingerprint density at radius 3 is 2.81 bits per heavy atom. The molecule has 2 heterocycles. The van der Waals surface area contributed by atoms with Gasteiger partial charge in [0.25, 0.3) is 0 Å². The number of fused-ring (bicyclic) bond motifs is 1. The Balaban J connectivity index is 1.54. The van der Waals surface area contributed by atoms with Crippen LogP contribution in [0.1, 0.15) is 23.2 Å². The van der Waals surface area contributed by atoms with Crippen LogP contribution in [0.25, 0.3) is 5.82 Å². The molecule has 6 heteroatoms. The van der Waals surface area contributed by atoms with Gasteiger partial charge in [-0.1, -0.05) is 35.9 Å². The quantitative estimate of drug-likeness (QED) is 0.764. The van der Waals surface area contributed by atoms with Crippen molar-refractivity contribution in [3.8, 4) is 11.7 Å². The molecule has 0 saturated carbocycles. The third kappa shape index (κ3) is 3.20. The minimum atomic E-state index is 0.203. The lowest BCUT2D eigenvalue weighted by Gasteiger charge is -2.31. The van der Waals surface area contributed by atoms with Crippen LogP contribution in [0.5, 0.6) is 5.88 Å². The molecule has 0 bridgehead atoms. The molecule has 2 aromatic heterocycles. The predicted molar refractivity (Wildman–Crippen MR) is 102 cm³/mol. The number of aryl methyl sites for hydroxylation is 1. The third-order valence-electron chi connectivity index (χ3n) is 5.06. The molecule has 1 aliphatic rings. The molecular formula is C20H21ClN4O. The van der Waals surface area contributed by atoms with Gasteiger partial charge in [0.05, 0.1) is 5.69 Å². The standard InChI is InChI=1S/C20H21ClN4O/c1-24(13-14-6-2-3-7-17(14)21)15-9-10-18-16(12-15)20(26)25(23-18)19-8-4-5-11-22-19/h2-8,11,15,26H,9-10,12-13H2,1H3. The Morgan fingerprint density at radius 2 is 2.04 bits per heavy atom. The van der Waals surface area contributed by atoms with Crippen molar-refractivity contribution in [1.29, 1.82) is 0 Å². The van der Waals surface area contributed by atoms with Crippen molar-refractivity contribution in [3.05, 3.63) is 70.5 Å². The summed E-state index contributed by atoms with van der Waals surface area (Å²) in [5.41, 5.74) is 3.02. The minimum absolute atomic E-state index is 0.203. The average molecular weight is 369 g/mol. The van der Waals surface area contributed by atoms with Gasteiger partial charge in [0.2, 0.25) is 5.88 Å². The SMILES string of the molecule is CN(Cc1ccccc1Cl)C1CCc2nn(-c3ccccn3)c(O)c2C1. The molecule has 26 heavy (non-hydrogen) atoms. The van der Waals surface area contributed by atoms with Crippen LogP contribution in [0.3, 0.4) is 0 Å². The summed E-state index contributed by atoms with van der Waals surface area (Å²) in [5, 5.41) is 16.1. The fourth-order valence-corrected chi connectivity index (χ4v) is 3.77. The highest BCUT2D eigenvalue weighted by molar-refractivity contribution is 6.31. The van der Waals surface area contributed by atoms with Gasteiger partial charge in [-0.05, 0) is 50.1 Å². The maximum atomic E-state index is 10.7. The molecule has 5 nitrogen and oxygen atoms in total. The van der Waals surface area contributed by atoms with Gasteiger partial charge in [0.15, 0.2) is 5.82 Å². The number of hydrogen-bond donors (Lipinski definition) is 1. The smallest absolute Gasteiger partial charge is 0.219 e. The van der Waals surface area contributed by atoms with E-state index in [1.54, 1.807) is 10.9 Å². The molecule has 0 saturated heterocycles. The average Bonchev–Trinajstić information content (AvgIpc) is 3.00. The molecule has 0 amide bonds. The molecule has 1 aliphatic carbocycles. The summed E-state index contributed by atoms with van der Waals surface area (Å²) in [6.45, 7) is 0.787. The Hall–Kier alpha value is -2.37. The van der Waals surface area contributed by atoms with E-state index < -0.39 is 0 Å². The van der Waals surface area contributed by atoms with E-state index in [1.165, 1.54) is 0 Å². The summed E-state index contributed by atoms with van der Waals surface area (Å²) in [6, 6.07) is 13.9. The number of likely N-dealkylation sites (N-methyl/N-ethyl adjacent to an activating group) is 1. The van der Waals surface area contributed by atoms with Crippen LogP contribution in [-0.4, -0.2) is 37.9 Å². The van der Waals surface area contributed by atoms with Gasteiger partial charge in [0.1, 0.15) is 0 Å². The van der Waals surface area contributed by atoms with Crippen LogP contribution in [0.2, 0.25) is 5.02 Å². The third-order valence-corrected chi connectivity index (χ3v) is 5.43. The van der Waals surface area contributed by atoms with Crippen molar-refractivity contribution < 1.29 is 5.11 Å². The maximum absolute atomic E-state index is 10.7. The molecule has 0 radical (unpaired) electrons. The van der Waals surface area contributed by atoms with E-state index in [0.717, 1.165) is 47.7 Å². The van der Waals surface area contributed by atoms with E-state index in [-0.39, 0.29) is 5.88 Å². The number of nitrogens with zero attached hydrogens (tertiary/aromatic N) is 4. The first-order valence-corrected chi connectivity index (χ1v) is 9.16. The predicted octanol–water partition coefficient (Wildman–Crippen LogP) is 3.62. The van der Waals surface area contributed by atoms with Crippen molar-refractivity contribution in [2.24, 2.45) is 0 Å². The van der Waals surface area contributed by atoms with Crippen LogP contribution in [0.4, 0.5) is 0 Å². The van der Waals surface area contributed by atoms with E-state index in [4.69, 9.17) is 11.6 Å². The molecule has 0 spiro atoms. The molecule has 1 aromatic carbocycles. The Labute approximate surface area is 157 Å². The zero-order valence-corrected chi connectivity index (χ0v) is 15.4. The first kappa shape index (κ1) is 17.1. The maximum Gasteiger partial charge on any atom is 0.219 e. The van der Waals surface area contributed by atoms with Gasteiger partial charge in [-0.25, -0.2) is 4.98 Å². The van der Waals surface area contributed by atoms with Gasteiger partial charge >= 0.3 is 0 Å². The van der Waals surface area contributed by atoms with Gasteiger partial charge < -0.3 is 5.11 Å². The second-order valence-corrected chi connectivity index (χ2v) is 7.16. The van der Waals surface area contributed by atoms with E-state index >= 15 is 0 Å². The summed E-state index contributed by atoms with van der Waals surface area (Å²) in [6.07, 6.45) is 4.33. The molecule has 1 atom stereocenters. The molecule has 4 rings (SSSR count). The number of aromatic nitrogens is 3. The fraction of sp³-hybridized carbons (Fsp3) is 0.300. The van der Waals surface area contributed by atoms with Crippen LogP contribution in [0.15, 0.2) is 48.7 Å². The molecule has 0 aliphatic heterocycles. The summed E-state index contributed by atoms with van der Waals surface area (Å²) < 4.78 is 1.54. The number of halogens is 1. The van der Waals surface area contributed by atoms with E-state index in [9.17, 15) is 5.11 Å². The van der Waals surface area contributed by atoms with E-state index in [2.05, 4.69) is 28.1 Å². The van der Waals surface area contributed by atoms with Crippen molar-refractivity contribution >= 4 is 11.6 Å². The zero-order valence-electron chi connectivity index (χ0n) is 14.6. The van der Waals surface area contributed by atoms with Crippen LogP contribution >= 0.6 is 11.6 Å². The van der Waals surface area contributed by atoms with Gasteiger partial charge in [-0.2, -0.15) is 9.78 Å². The first-order valence-electron chi connectivity index (χ1n) is 8.78. The largest absolute Gasteiger partial charge is 0.493 e. The van der Waals surface area contributed by atoms with Crippen LogP contribution < -0.4 is 0 Å². The number of pyridine rings is 1. The molecule has 134 valence electrons. The lowest BCUT2D eigenvalue weighted by atomic mass is 9.92. The Morgan fingerprint density at radius 1 is 1.23 bits per heavy atom. The summed E-state index contributed by atoms with van der Waals surface area (Å²) >= 11 is 6.30. The van der Waals surface area contributed by atoms with Crippen LogP contribution in [-0.2, 0) is 19.4 Å². The highest BCUT2D eigenvalue weighted by Gasteiger charge is 2.29. The van der Waals surface area contributed by atoms with Crippen molar-refractivity contribution in [3.63, 3.8) is 0 Å². The first-order chi connectivity index (χ1) is 12.6. The second-order valence-electron chi connectivity index (χ2n) is 6.75. The molecule has 1 unspecified atom stereocenters. The Bertz CT molecular complexity index is 909. The topological polar surface area (TPSA) is 54.2 Å². The van der Waals surface area contributed by atoms with Crippen LogP contribution in [0, 0.1) is 0 Å². The summed E-state index contributed by atoms with van der Waals surface area (Å²) in [5.74, 6) is 0.843. The number of aromatic hydroxyl groups is 1. The van der Waals surface area contributed by atoms with Gasteiger partial charge in [0, 0.05) is 29.4 Å². The molecule has 3 aromatic rings. The lowest BCUT2D eigenvalue weighted by Crippen LogP contribution is -2.35. The van der Waals surface area contributed by atoms with Crippen molar-refractivity contribution in [2.75, 3.05) is 7.05 Å². The molecular weight excluding hydrogens is 348 g/mol. The van der Waals surface area contributed by atoms with Gasteiger partial charge in [-0.15, -0.1) is 0 Å². The number of benzene rings is 1. The minimum Gasteiger partial charge on any atom is -0.493 e. The highest BCUT2D eigenvalue weighted by atomic mass is 35.5. The molecule has 1 N–H and O–H groups in total. The highest BCUT2D eigenvalue weighted by Crippen LogP contribution is 2.32. The molecule has 0 fully saturated rings. The summed E-state index contributed by atoms with van der Waals surface area (Å²) in [7, 11) is 2.11. The monoisotopic (exact) mass is 368 g/mol. The van der Waals surface area contributed by atoms with Crippen molar-refractivity contribution in [1.82, 2.24) is 19.7 Å². The van der Waals surface area contributed by atoms with E-state index in [1.807, 2.05) is 36.4 Å². The van der Waals surface area contributed by atoms with Gasteiger partial charge in [-0.3, -0.25) is 4.90 Å². The number of hydrogen-bond acceptors (Lipinski definition) is 4. The fourth-order valence-electron chi connectivity index (χ4n) is 3.58.